The van der Waals surface area contributed by atoms with Crippen LogP contribution in [0, 0.1) is 18.6 Å². The van der Waals surface area contributed by atoms with Crippen molar-refractivity contribution < 1.29 is 27.8 Å². The lowest BCUT2D eigenvalue weighted by Crippen LogP contribution is -2.48. The summed E-state index contributed by atoms with van der Waals surface area (Å²) in [7, 11) is 0. The van der Waals surface area contributed by atoms with Crippen LogP contribution in [0.15, 0.2) is 30.5 Å². The van der Waals surface area contributed by atoms with E-state index >= 15 is 0 Å². The molecule has 3 aromatic rings. The van der Waals surface area contributed by atoms with E-state index in [4.69, 9.17) is 9.47 Å². The lowest BCUT2D eigenvalue weighted by atomic mass is 10.0. The molecule has 0 spiro atoms. The Morgan fingerprint density at radius 2 is 1.97 bits per heavy atom. The number of amides is 1. The molecular weight excluding hydrogens is 444 g/mol. The number of ether oxygens (including phenoxy) is 2. The van der Waals surface area contributed by atoms with Gasteiger partial charge in [0, 0.05) is 24.7 Å². The van der Waals surface area contributed by atoms with E-state index in [1.165, 1.54) is 0 Å². The lowest BCUT2D eigenvalue weighted by molar-refractivity contribution is -0.0418. The maximum absolute atomic E-state index is 14.9. The maximum atomic E-state index is 14.9. The molecule has 1 amide bonds. The van der Waals surface area contributed by atoms with Gasteiger partial charge in [-0.15, -0.1) is 0 Å². The van der Waals surface area contributed by atoms with Gasteiger partial charge in [0.1, 0.15) is 29.2 Å². The Kier molecular flexibility index (Phi) is 6.40. The van der Waals surface area contributed by atoms with E-state index in [0.717, 1.165) is 17.7 Å². The summed E-state index contributed by atoms with van der Waals surface area (Å²) in [5.74, 6) is -1.74. The van der Waals surface area contributed by atoms with Gasteiger partial charge in [0.25, 0.3) is 0 Å². The molecule has 0 saturated carbocycles. The van der Waals surface area contributed by atoms with Crippen LogP contribution in [0.25, 0.3) is 16.9 Å². The monoisotopic (exact) mass is 471 g/mol. The third-order valence-electron chi connectivity index (χ3n) is 5.53. The smallest absolute Gasteiger partial charge is 0.410 e. The number of hydrogen-bond donors (Lipinski definition) is 0. The Labute approximate surface area is 196 Å². The molecule has 1 unspecified atom stereocenters. The Morgan fingerprint density at radius 1 is 1.26 bits per heavy atom. The van der Waals surface area contributed by atoms with Gasteiger partial charge in [-0.2, -0.15) is 0 Å². The van der Waals surface area contributed by atoms with Crippen molar-refractivity contribution in [1.29, 1.82) is 0 Å². The molecule has 180 valence electrons. The molecule has 1 fully saturated rings. The van der Waals surface area contributed by atoms with Crippen molar-refractivity contribution >= 4 is 18.0 Å². The van der Waals surface area contributed by atoms with E-state index in [-0.39, 0.29) is 29.8 Å². The fourth-order valence-electron chi connectivity index (χ4n) is 4.03. The SMILES string of the molecule is Cc1ccn2c(CC3CN(C(=O)OC(C)(C)C)CCO3)c(-c3c(F)cc(C=O)cc3F)nc2c1. The highest BCUT2D eigenvalue weighted by Crippen LogP contribution is 2.32. The number of halogens is 2. The summed E-state index contributed by atoms with van der Waals surface area (Å²) < 4.78 is 43.0. The largest absolute Gasteiger partial charge is 0.444 e. The average Bonchev–Trinajstić information content (AvgIpc) is 3.09. The van der Waals surface area contributed by atoms with Gasteiger partial charge >= 0.3 is 6.09 Å². The number of aldehydes is 1. The zero-order valence-electron chi connectivity index (χ0n) is 19.6. The Hall–Kier alpha value is -3.33. The van der Waals surface area contributed by atoms with Crippen LogP contribution in [0.5, 0.6) is 0 Å². The molecule has 1 atom stereocenters. The first-order valence-electron chi connectivity index (χ1n) is 11.1. The molecule has 0 radical (unpaired) electrons. The van der Waals surface area contributed by atoms with Crippen LogP contribution in [0.3, 0.4) is 0 Å². The van der Waals surface area contributed by atoms with E-state index in [9.17, 15) is 18.4 Å². The van der Waals surface area contributed by atoms with Gasteiger partial charge in [-0.25, -0.2) is 18.6 Å². The van der Waals surface area contributed by atoms with Crippen molar-refractivity contribution in [1.82, 2.24) is 14.3 Å². The molecule has 0 aliphatic carbocycles. The van der Waals surface area contributed by atoms with Crippen LogP contribution < -0.4 is 0 Å². The maximum Gasteiger partial charge on any atom is 0.410 e. The second-order valence-electron chi connectivity index (χ2n) is 9.44. The summed E-state index contributed by atoms with van der Waals surface area (Å²) in [5.41, 5.74) is 1.13. The third kappa shape index (κ3) is 4.94. The highest BCUT2D eigenvalue weighted by Gasteiger charge is 2.30. The Bertz CT molecular complexity index is 1230. The van der Waals surface area contributed by atoms with E-state index in [1.54, 1.807) is 36.3 Å². The molecule has 1 aliphatic rings. The number of fused-ring (bicyclic) bond motifs is 1. The first kappa shape index (κ1) is 23.8. The number of carbonyl (C=O) groups is 2. The number of pyridine rings is 1. The third-order valence-corrected chi connectivity index (χ3v) is 5.53. The fraction of sp³-hybridized carbons (Fsp3) is 0.400. The molecule has 34 heavy (non-hydrogen) atoms. The molecule has 0 N–H and O–H groups in total. The number of aryl methyl sites for hydroxylation is 1. The second kappa shape index (κ2) is 9.13. The fourth-order valence-corrected chi connectivity index (χ4v) is 4.03. The van der Waals surface area contributed by atoms with Gasteiger partial charge in [0.2, 0.25) is 0 Å². The van der Waals surface area contributed by atoms with Crippen molar-refractivity contribution in [2.24, 2.45) is 0 Å². The minimum Gasteiger partial charge on any atom is -0.444 e. The van der Waals surface area contributed by atoms with Crippen LogP contribution in [0.1, 0.15) is 42.4 Å². The normalized spacial score (nSPS) is 16.6. The average molecular weight is 472 g/mol. The number of nitrogens with zero attached hydrogens (tertiary/aromatic N) is 3. The van der Waals surface area contributed by atoms with Gasteiger partial charge in [0.05, 0.1) is 36.2 Å². The molecular formula is C25H27F2N3O4. The molecule has 9 heteroatoms. The van der Waals surface area contributed by atoms with Crippen molar-refractivity contribution in [3.63, 3.8) is 0 Å². The zero-order chi connectivity index (χ0) is 24.6. The van der Waals surface area contributed by atoms with Crippen LogP contribution in [-0.2, 0) is 15.9 Å². The number of hydrogen-bond acceptors (Lipinski definition) is 5. The van der Waals surface area contributed by atoms with Crippen LogP contribution in [-0.4, -0.2) is 58.1 Å². The number of carbonyl (C=O) groups excluding carboxylic acids is 2. The van der Waals surface area contributed by atoms with Crippen LogP contribution in [0.2, 0.25) is 0 Å². The summed E-state index contributed by atoms with van der Waals surface area (Å²) in [6.45, 7) is 8.27. The summed E-state index contributed by atoms with van der Waals surface area (Å²) in [4.78, 5) is 29.7. The summed E-state index contributed by atoms with van der Waals surface area (Å²) >= 11 is 0. The minimum absolute atomic E-state index is 0.0940. The molecule has 3 heterocycles. The van der Waals surface area contributed by atoms with Gasteiger partial charge in [-0.1, -0.05) is 0 Å². The topological polar surface area (TPSA) is 73.1 Å². The number of benzene rings is 1. The number of morpholine rings is 1. The molecule has 1 aromatic carbocycles. The highest BCUT2D eigenvalue weighted by molar-refractivity contribution is 5.78. The van der Waals surface area contributed by atoms with E-state index in [2.05, 4.69) is 4.98 Å². The molecule has 7 nitrogen and oxygen atoms in total. The zero-order valence-corrected chi connectivity index (χ0v) is 19.6. The summed E-state index contributed by atoms with van der Waals surface area (Å²) in [6, 6.07) is 5.67. The summed E-state index contributed by atoms with van der Waals surface area (Å²) in [5, 5.41) is 0. The molecule has 2 aromatic heterocycles. The number of aromatic nitrogens is 2. The molecule has 0 bridgehead atoms. The van der Waals surface area contributed by atoms with Crippen molar-refractivity contribution in [3.8, 4) is 11.3 Å². The van der Waals surface area contributed by atoms with Crippen LogP contribution in [0.4, 0.5) is 13.6 Å². The molecule has 4 rings (SSSR count). The van der Waals surface area contributed by atoms with Gasteiger partial charge < -0.3 is 18.8 Å². The summed E-state index contributed by atoms with van der Waals surface area (Å²) in [6.07, 6.45) is 1.58. The minimum atomic E-state index is -0.872. The Balaban J connectivity index is 1.72. The predicted octanol–water partition coefficient (Wildman–Crippen LogP) is 4.58. The number of rotatable bonds is 4. The second-order valence-corrected chi connectivity index (χ2v) is 9.44. The van der Waals surface area contributed by atoms with E-state index in [1.807, 2.05) is 19.1 Å². The predicted molar refractivity (Wildman–Crippen MR) is 122 cm³/mol. The highest BCUT2D eigenvalue weighted by atomic mass is 19.1. The van der Waals surface area contributed by atoms with Crippen molar-refractivity contribution in [2.75, 3.05) is 19.7 Å². The molecule has 1 saturated heterocycles. The van der Waals surface area contributed by atoms with Gasteiger partial charge in [0.15, 0.2) is 0 Å². The first-order chi connectivity index (χ1) is 16.1. The molecule has 1 aliphatic heterocycles. The standard InChI is InChI=1S/C25H27F2N3O4/c1-15-5-6-30-20(12-17-13-29(7-8-33-17)24(32)34-25(2,3)4)23(28-21(30)9-15)22-18(26)10-16(14-31)11-19(22)27/h5-6,9-11,14,17H,7-8,12-13H2,1-4H3. The van der Waals surface area contributed by atoms with Crippen LogP contribution >= 0.6 is 0 Å². The Morgan fingerprint density at radius 3 is 2.62 bits per heavy atom. The quantitative estimate of drug-likeness (QED) is 0.521. The van der Waals surface area contributed by atoms with Crippen molar-refractivity contribution in [3.05, 3.63) is 58.9 Å². The van der Waals surface area contributed by atoms with E-state index in [0.29, 0.717) is 30.8 Å². The number of imidazole rings is 1. The van der Waals surface area contributed by atoms with E-state index < -0.39 is 29.4 Å². The first-order valence-corrected chi connectivity index (χ1v) is 11.1. The lowest BCUT2D eigenvalue weighted by Gasteiger charge is -2.34. The van der Waals surface area contributed by atoms with Gasteiger partial charge in [-0.3, -0.25) is 4.79 Å². The van der Waals surface area contributed by atoms with Crippen molar-refractivity contribution in [2.45, 2.75) is 45.8 Å². The van der Waals surface area contributed by atoms with Gasteiger partial charge in [-0.05, 0) is 57.5 Å².